The first-order valence-corrected chi connectivity index (χ1v) is 13.0. The number of fused-ring (bicyclic) bond motifs is 3. The van der Waals surface area contributed by atoms with Gasteiger partial charge in [0, 0.05) is 49.9 Å². The number of imidazole rings is 1. The molecular formula is C27H30N8O2. The largest absolute Gasteiger partial charge is 0.463 e. The number of amides is 1. The number of furan rings is 1. The third kappa shape index (κ3) is 3.70. The quantitative estimate of drug-likeness (QED) is 0.341. The lowest BCUT2D eigenvalue weighted by atomic mass is 10.2. The maximum absolute atomic E-state index is 13.4. The number of aryl methyl sites for hydroxylation is 3. The SMILES string of the molecule is CCn1c(CC(=O)N(C2CC2)C2CC2)cc2c3c(ncn3C)c(Nc3cc(-c4ccco4)n(C)n3)nc21. The summed E-state index contributed by atoms with van der Waals surface area (Å²) in [6.45, 7) is 2.82. The van der Waals surface area contributed by atoms with Gasteiger partial charge >= 0.3 is 0 Å². The van der Waals surface area contributed by atoms with E-state index in [1.54, 1.807) is 17.3 Å². The minimum Gasteiger partial charge on any atom is -0.463 e. The third-order valence-electron chi connectivity index (χ3n) is 7.51. The van der Waals surface area contributed by atoms with Crippen LogP contribution in [-0.2, 0) is 31.9 Å². The molecule has 0 unspecified atom stereocenters. The predicted molar refractivity (Wildman–Crippen MR) is 140 cm³/mol. The second-order valence-electron chi connectivity index (χ2n) is 10.2. The predicted octanol–water partition coefficient (Wildman–Crippen LogP) is 4.38. The van der Waals surface area contributed by atoms with Gasteiger partial charge in [-0.3, -0.25) is 9.48 Å². The molecule has 10 nitrogen and oxygen atoms in total. The first-order valence-electron chi connectivity index (χ1n) is 13.0. The van der Waals surface area contributed by atoms with Crippen LogP contribution >= 0.6 is 0 Å². The molecule has 1 amide bonds. The number of carbonyl (C=O) groups excluding carboxylic acids is 1. The van der Waals surface area contributed by atoms with Gasteiger partial charge in [-0.15, -0.1) is 0 Å². The third-order valence-corrected chi connectivity index (χ3v) is 7.51. The van der Waals surface area contributed by atoms with E-state index in [0.717, 1.165) is 71.4 Å². The zero-order valence-corrected chi connectivity index (χ0v) is 21.3. The van der Waals surface area contributed by atoms with Crippen molar-refractivity contribution in [2.45, 2.75) is 57.7 Å². The molecule has 2 aliphatic rings. The molecule has 37 heavy (non-hydrogen) atoms. The Morgan fingerprint density at radius 2 is 1.97 bits per heavy atom. The average Bonchev–Trinajstić information content (AvgIpc) is 3.70. The summed E-state index contributed by atoms with van der Waals surface area (Å²) in [6.07, 6.45) is 8.41. The van der Waals surface area contributed by atoms with Crippen LogP contribution in [0.5, 0.6) is 0 Å². The van der Waals surface area contributed by atoms with Crippen LogP contribution in [-0.4, -0.2) is 51.8 Å². The van der Waals surface area contributed by atoms with Gasteiger partial charge in [-0.2, -0.15) is 5.10 Å². The van der Waals surface area contributed by atoms with Gasteiger partial charge in [0.2, 0.25) is 5.91 Å². The lowest BCUT2D eigenvalue weighted by molar-refractivity contribution is -0.131. The molecule has 2 fully saturated rings. The van der Waals surface area contributed by atoms with E-state index >= 15 is 0 Å². The lowest BCUT2D eigenvalue weighted by Crippen LogP contribution is -2.36. The molecule has 0 aliphatic heterocycles. The fourth-order valence-electron chi connectivity index (χ4n) is 5.51. The Hall–Kier alpha value is -4.08. The van der Waals surface area contributed by atoms with Gasteiger partial charge in [-0.05, 0) is 50.8 Å². The summed E-state index contributed by atoms with van der Waals surface area (Å²) in [4.78, 5) is 25.2. The van der Waals surface area contributed by atoms with Crippen LogP contribution in [0.15, 0.2) is 41.3 Å². The highest BCUT2D eigenvalue weighted by Gasteiger charge is 2.42. The number of aromatic nitrogens is 6. The van der Waals surface area contributed by atoms with Crippen molar-refractivity contribution in [2.24, 2.45) is 14.1 Å². The van der Waals surface area contributed by atoms with Crippen LogP contribution in [0.1, 0.15) is 38.3 Å². The Balaban J connectivity index is 1.29. The molecule has 10 heteroatoms. The smallest absolute Gasteiger partial charge is 0.229 e. The molecule has 0 saturated heterocycles. The highest BCUT2D eigenvalue weighted by molar-refractivity contribution is 6.07. The first-order chi connectivity index (χ1) is 18.0. The number of carbonyl (C=O) groups is 1. The molecule has 2 aliphatic carbocycles. The van der Waals surface area contributed by atoms with Crippen molar-refractivity contribution in [3.63, 3.8) is 0 Å². The number of nitrogens with one attached hydrogen (secondary N) is 1. The van der Waals surface area contributed by atoms with Gasteiger partial charge in [0.1, 0.15) is 16.9 Å². The van der Waals surface area contributed by atoms with Gasteiger partial charge < -0.3 is 23.8 Å². The van der Waals surface area contributed by atoms with Crippen molar-refractivity contribution in [2.75, 3.05) is 5.32 Å². The Morgan fingerprint density at radius 1 is 1.19 bits per heavy atom. The van der Waals surface area contributed by atoms with E-state index in [-0.39, 0.29) is 5.91 Å². The van der Waals surface area contributed by atoms with Crippen molar-refractivity contribution in [1.29, 1.82) is 0 Å². The first kappa shape index (κ1) is 22.1. The van der Waals surface area contributed by atoms with Crippen molar-refractivity contribution in [3.8, 4) is 11.5 Å². The summed E-state index contributed by atoms with van der Waals surface area (Å²) in [5, 5.41) is 9.02. The zero-order chi connectivity index (χ0) is 25.3. The van der Waals surface area contributed by atoms with Gasteiger partial charge in [-0.1, -0.05) is 0 Å². The minimum atomic E-state index is 0.237. The molecule has 1 N–H and O–H groups in total. The standard InChI is InChI=1S/C27H30N8O2/c1-4-34-18(13-23(36)35(16-7-8-16)17-9-10-17)12-19-25-24(28-15-32(25)2)26(30-27(19)34)29-22-14-20(33(3)31-22)21-6-5-11-37-21/h5-6,11-12,14-17H,4,7-10,13H2,1-3H3,(H,29,30,31). The second kappa shape index (κ2) is 8.22. The van der Waals surface area contributed by atoms with Gasteiger partial charge in [0.05, 0.1) is 24.5 Å². The highest BCUT2D eigenvalue weighted by atomic mass is 16.3. The number of hydrogen-bond donors (Lipinski definition) is 1. The molecule has 190 valence electrons. The lowest BCUT2D eigenvalue weighted by Gasteiger charge is -2.22. The molecule has 0 aromatic carbocycles. The normalized spacial score (nSPS) is 15.6. The van der Waals surface area contributed by atoms with E-state index in [4.69, 9.17) is 9.40 Å². The van der Waals surface area contributed by atoms with Gasteiger partial charge in [-0.25, -0.2) is 9.97 Å². The highest BCUT2D eigenvalue weighted by Crippen LogP contribution is 2.38. The Labute approximate surface area is 213 Å². The number of rotatable bonds is 8. The molecular weight excluding hydrogens is 468 g/mol. The summed E-state index contributed by atoms with van der Waals surface area (Å²) in [5.41, 5.74) is 4.45. The molecule has 0 atom stereocenters. The molecule has 5 heterocycles. The van der Waals surface area contributed by atoms with Crippen LogP contribution in [0, 0.1) is 0 Å². The minimum absolute atomic E-state index is 0.237. The van der Waals surface area contributed by atoms with Gasteiger partial charge in [0.25, 0.3) is 0 Å². The van der Waals surface area contributed by atoms with Crippen molar-refractivity contribution in [3.05, 3.63) is 42.5 Å². The molecule has 0 radical (unpaired) electrons. The summed E-state index contributed by atoms with van der Waals surface area (Å²) in [5.74, 6) is 2.27. The molecule has 0 spiro atoms. The maximum Gasteiger partial charge on any atom is 0.229 e. The summed E-state index contributed by atoms with van der Waals surface area (Å²) < 4.78 is 11.5. The van der Waals surface area contributed by atoms with Crippen molar-refractivity contribution < 1.29 is 9.21 Å². The Kier molecular flexibility index (Phi) is 4.92. The number of pyridine rings is 1. The van der Waals surface area contributed by atoms with Crippen LogP contribution in [0.3, 0.4) is 0 Å². The Morgan fingerprint density at radius 3 is 2.65 bits per heavy atom. The fraction of sp³-hybridized carbons (Fsp3) is 0.407. The van der Waals surface area contributed by atoms with Crippen LogP contribution < -0.4 is 5.32 Å². The van der Waals surface area contributed by atoms with Crippen LogP contribution in [0.2, 0.25) is 0 Å². The van der Waals surface area contributed by atoms with E-state index in [9.17, 15) is 4.79 Å². The van der Waals surface area contributed by atoms with E-state index < -0.39 is 0 Å². The van der Waals surface area contributed by atoms with E-state index in [2.05, 4.69) is 37.9 Å². The summed E-state index contributed by atoms with van der Waals surface area (Å²) in [6, 6.07) is 8.73. The zero-order valence-electron chi connectivity index (χ0n) is 21.3. The monoisotopic (exact) mass is 498 g/mol. The summed E-state index contributed by atoms with van der Waals surface area (Å²) >= 11 is 0. The molecule has 0 bridgehead atoms. The van der Waals surface area contributed by atoms with E-state index in [1.165, 1.54) is 0 Å². The molecule has 2 saturated carbocycles. The van der Waals surface area contributed by atoms with E-state index in [1.807, 2.05) is 36.9 Å². The van der Waals surface area contributed by atoms with Gasteiger partial charge in [0.15, 0.2) is 17.4 Å². The molecule has 5 aromatic rings. The topological polar surface area (TPSA) is 98.9 Å². The number of hydrogen-bond acceptors (Lipinski definition) is 6. The maximum atomic E-state index is 13.4. The molecule has 7 rings (SSSR count). The van der Waals surface area contributed by atoms with Crippen molar-refractivity contribution >= 4 is 39.6 Å². The van der Waals surface area contributed by atoms with Crippen LogP contribution in [0.4, 0.5) is 11.6 Å². The summed E-state index contributed by atoms with van der Waals surface area (Å²) in [7, 11) is 3.87. The number of anilines is 2. The number of nitrogens with zero attached hydrogens (tertiary/aromatic N) is 7. The Bertz CT molecular complexity index is 1620. The van der Waals surface area contributed by atoms with Crippen LogP contribution in [0.25, 0.3) is 33.5 Å². The average molecular weight is 499 g/mol. The van der Waals surface area contributed by atoms with Crippen molar-refractivity contribution in [1.82, 2.24) is 33.8 Å². The van der Waals surface area contributed by atoms with E-state index in [0.29, 0.717) is 30.1 Å². The second-order valence-corrected chi connectivity index (χ2v) is 10.2. The molecule has 5 aromatic heterocycles. The fourth-order valence-corrected chi connectivity index (χ4v) is 5.51.